The number of carbonyl (C=O) groups is 1. The lowest BCUT2D eigenvalue weighted by Crippen LogP contribution is -2.07. The number of fused-ring (bicyclic) bond motifs is 1. The van der Waals surface area contributed by atoms with E-state index in [9.17, 15) is 4.79 Å². The molecule has 16 heavy (non-hydrogen) atoms. The molecule has 0 atom stereocenters. The first-order valence-corrected chi connectivity index (χ1v) is 5.73. The normalized spacial score (nSPS) is 10.4. The topological polar surface area (TPSA) is 39.2 Å². The van der Waals surface area contributed by atoms with Gasteiger partial charge in [-0.3, -0.25) is 0 Å². The molecular weight excluding hydrogens is 270 g/mol. The molecule has 0 fully saturated rings. The van der Waals surface area contributed by atoms with Crippen LogP contribution in [0.4, 0.5) is 0 Å². The minimum Gasteiger partial charge on any atom is -0.461 e. The number of carbonyl (C=O) groups excluding carboxylic acids is 1. The molecule has 0 unspecified atom stereocenters. The molecule has 1 heterocycles. The Labute approximate surface area is 102 Å². The summed E-state index contributed by atoms with van der Waals surface area (Å²) in [7, 11) is 0. The molecule has 1 aromatic carbocycles. The Morgan fingerprint density at radius 3 is 2.75 bits per heavy atom. The second-order valence-electron chi connectivity index (χ2n) is 3.22. The van der Waals surface area contributed by atoms with Crippen LogP contribution in [0.1, 0.15) is 17.4 Å². The smallest absolute Gasteiger partial charge is 0.357 e. The molecule has 0 aliphatic carbocycles. The number of esters is 1. The molecule has 1 aromatic heterocycles. The van der Waals surface area contributed by atoms with Crippen molar-refractivity contribution in [2.45, 2.75) is 6.92 Å². The molecule has 82 valence electrons. The number of nitrogens with zero attached hydrogens (tertiary/aromatic N) is 1. The Balaban J connectivity index is 2.63. The van der Waals surface area contributed by atoms with E-state index >= 15 is 0 Å². The fourth-order valence-electron chi connectivity index (χ4n) is 1.52. The first-order valence-electron chi connectivity index (χ1n) is 4.94. The van der Waals surface area contributed by atoms with Crippen molar-refractivity contribution < 1.29 is 9.53 Å². The van der Waals surface area contributed by atoms with Gasteiger partial charge in [-0.15, -0.1) is 0 Å². The Bertz CT molecular complexity index is 540. The number of hydrogen-bond acceptors (Lipinski definition) is 3. The first kappa shape index (κ1) is 11.1. The largest absolute Gasteiger partial charge is 0.461 e. The minimum atomic E-state index is -0.383. The van der Waals surface area contributed by atoms with E-state index in [1.54, 1.807) is 13.1 Å². The lowest BCUT2D eigenvalue weighted by Gasteiger charge is -2.06. The van der Waals surface area contributed by atoms with Crippen LogP contribution < -0.4 is 0 Å². The lowest BCUT2D eigenvalue weighted by atomic mass is 10.1. The van der Waals surface area contributed by atoms with E-state index in [-0.39, 0.29) is 5.97 Å². The Morgan fingerprint density at radius 1 is 1.38 bits per heavy atom. The molecule has 0 saturated heterocycles. The summed E-state index contributed by atoms with van der Waals surface area (Å²) in [6.07, 6.45) is 1.62. The van der Waals surface area contributed by atoms with E-state index in [0.29, 0.717) is 12.3 Å². The molecule has 0 bridgehead atoms. The van der Waals surface area contributed by atoms with Crippen LogP contribution in [-0.4, -0.2) is 17.6 Å². The zero-order valence-electron chi connectivity index (χ0n) is 8.74. The SMILES string of the molecule is CCOC(=O)c1ncc(Br)c2ccccc12. The standard InChI is InChI=1S/C12H10BrNO2/c1-2-16-12(15)11-9-6-4-3-5-8(9)10(13)7-14-11/h3-7H,2H2,1H3. The summed E-state index contributed by atoms with van der Waals surface area (Å²) in [4.78, 5) is 15.8. The molecule has 0 saturated carbocycles. The predicted octanol–water partition coefficient (Wildman–Crippen LogP) is 3.17. The summed E-state index contributed by atoms with van der Waals surface area (Å²) in [6, 6.07) is 7.59. The molecular formula is C12H10BrNO2. The maximum absolute atomic E-state index is 11.7. The summed E-state index contributed by atoms with van der Waals surface area (Å²) >= 11 is 3.40. The highest BCUT2D eigenvalue weighted by molar-refractivity contribution is 9.10. The summed E-state index contributed by atoms with van der Waals surface area (Å²) in [5, 5.41) is 1.76. The summed E-state index contributed by atoms with van der Waals surface area (Å²) in [5.41, 5.74) is 0.362. The minimum absolute atomic E-state index is 0.352. The van der Waals surface area contributed by atoms with Gasteiger partial charge in [-0.2, -0.15) is 0 Å². The maximum atomic E-state index is 11.7. The van der Waals surface area contributed by atoms with Crippen LogP contribution in [0.3, 0.4) is 0 Å². The van der Waals surface area contributed by atoms with Crippen molar-refractivity contribution in [3.63, 3.8) is 0 Å². The summed E-state index contributed by atoms with van der Waals surface area (Å²) in [5.74, 6) is -0.383. The van der Waals surface area contributed by atoms with Crippen LogP contribution in [0.15, 0.2) is 34.9 Å². The van der Waals surface area contributed by atoms with Gasteiger partial charge in [0, 0.05) is 16.1 Å². The highest BCUT2D eigenvalue weighted by Crippen LogP contribution is 2.25. The molecule has 2 rings (SSSR count). The predicted molar refractivity (Wildman–Crippen MR) is 65.4 cm³/mol. The summed E-state index contributed by atoms with van der Waals surface area (Å²) < 4.78 is 5.83. The Morgan fingerprint density at radius 2 is 2.06 bits per heavy atom. The second-order valence-corrected chi connectivity index (χ2v) is 4.08. The van der Waals surface area contributed by atoms with Gasteiger partial charge in [0.15, 0.2) is 5.69 Å². The number of pyridine rings is 1. The van der Waals surface area contributed by atoms with Crippen molar-refractivity contribution >= 4 is 32.7 Å². The van der Waals surface area contributed by atoms with Gasteiger partial charge in [-0.05, 0) is 28.2 Å². The van der Waals surface area contributed by atoms with Gasteiger partial charge in [-0.25, -0.2) is 9.78 Å². The molecule has 0 aliphatic rings. The highest BCUT2D eigenvalue weighted by atomic mass is 79.9. The molecule has 0 amide bonds. The van der Waals surface area contributed by atoms with Crippen molar-refractivity contribution in [2.24, 2.45) is 0 Å². The van der Waals surface area contributed by atoms with Crippen LogP contribution in [0.2, 0.25) is 0 Å². The van der Waals surface area contributed by atoms with Crippen molar-refractivity contribution in [3.05, 3.63) is 40.6 Å². The van der Waals surface area contributed by atoms with Crippen molar-refractivity contribution in [2.75, 3.05) is 6.61 Å². The molecule has 0 aliphatic heterocycles. The van der Waals surface area contributed by atoms with E-state index in [1.165, 1.54) is 0 Å². The van der Waals surface area contributed by atoms with Crippen LogP contribution >= 0.6 is 15.9 Å². The maximum Gasteiger partial charge on any atom is 0.357 e. The van der Waals surface area contributed by atoms with E-state index in [1.807, 2.05) is 24.3 Å². The third-order valence-electron chi connectivity index (χ3n) is 2.22. The monoisotopic (exact) mass is 279 g/mol. The van der Waals surface area contributed by atoms with Crippen molar-refractivity contribution in [1.29, 1.82) is 0 Å². The number of rotatable bonds is 2. The number of halogens is 1. The molecule has 0 radical (unpaired) electrons. The van der Waals surface area contributed by atoms with Gasteiger partial charge < -0.3 is 4.74 Å². The molecule has 0 spiro atoms. The van der Waals surface area contributed by atoms with Crippen molar-refractivity contribution in [3.8, 4) is 0 Å². The fourth-order valence-corrected chi connectivity index (χ4v) is 1.97. The van der Waals surface area contributed by atoms with Gasteiger partial charge in [0.25, 0.3) is 0 Å². The van der Waals surface area contributed by atoms with Crippen LogP contribution in [0.25, 0.3) is 10.8 Å². The van der Waals surface area contributed by atoms with E-state index in [4.69, 9.17) is 4.74 Å². The average Bonchev–Trinajstić information content (AvgIpc) is 2.30. The molecule has 2 aromatic rings. The van der Waals surface area contributed by atoms with Crippen molar-refractivity contribution in [1.82, 2.24) is 4.98 Å². The number of benzene rings is 1. The Kier molecular flexibility index (Phi) is 3.19. The quantitative estimate of drug-likeness (QED) is 0.793. The van der Waals surface area contributed by atoms with Gasteiger partial charge >= 0.3 is 5.97 Å². The van der Waals surface area contributed by atoms with Crippen LogP contribution in [0, 0.1) is 0 Å². The molecule has 4 heteroatoms. The van der Waals surface area contributed by atoms with E-state index in [0.717, 1.165) is 15.2 Å². The van der Waals surface area contributed by atoms with Crippen LogP contribution in [-0.2, 0) is 4.74 Å². The van der Waals surface area contributed by atoms with Gasteiger partial charge in [-0.1, -0.05) is 24.3 Å². The summed E-state index contributed by atoms with van der Waals surface area (Å²) in [6.45, 7) is 2.13. The molecule has 3 nitrogen and oxygen atoms in total. The van der Waals surface area contributed by atoms with Gasteiger partial charge in [0.2, 0.25) is 0 Å². The zero-order chi connectivity index (χ0) is 11.5. The fraction of sp³-hybridized carbons (Fsp3) is 0.167. The second kappa shape index (κ2) is 4.61. The average molecular weight is 280 g/mol. The van der Waals surface area contributed by atoms with E-state index in [2.05, 4.69) is 20.9 Å². The Hall–Kier alpha value is -1.42. The number of ether oxygens (including phenoxy) is 1. The van der Waals surface area contributed by atoms with Gasteiger partial charge in [0.05, 0.1) is 6.61 Å². The lowest BCUT2D eigenvalue weighted by molar-refractivity contribution is 0.0522. The number of hydrogen-bond donors (Lipinski definition) is 0. The van der Waals surface area contributed by atoms with Gasteiger partial charge in [0.1, 0.15) is 0 Å². The molecule has 0 N–H and O–H groups in total. The zero-order valence-corrected chi connectivity index (χ0v) is 10.3. The third kappa shape index (κ3) is 1.93. The van der Waals surface area contributed by atoms with Crippen LogP contribution in [0.5, 0.6) is 0 Å². The highest BCUT2D eigenvalue weighted by Gasteiger charge is 2.13. The van der Waals surface area contributed by atoms with E-state index < -0.39 is 0 Å². The first-order chi connectivity index (χ1) is 7.74. The number of aromatic nitrogens is 1. The third-order valence-corrected chi connectivity index (χ3v) is 2.85.